The molecule has 150 valence electrons. The van der Waals surface area contributed by atoms with Gasteiger partial charge in [-0.15, -0.1) is 10.2 Å². The summed E-state index contributed by atoms with van der Waals surface area (Å²) >= 11 is 0. The van der Waals surface area contributed by atoms with Gasteiger partial charge >= 0.3 is 0 Å². The third kappa shape index (κ3) is 3.28. The minimum atomic E-state index is -3.20. The fraction of sp³-hybridized carbons (Fsp3) is 0.444. The molecule has 2 unspecified atom stereocenters. The zero-order valence-electron chi connectivity index (χ0n) is 16.8. The van der Waals surface area contributed by atoms with Crippen molar-refractivity contribution in [3.05, 3.63) is 34.6 Å². The fourth-order valence-electron chi connectivity index (χ4n) is 3.15. The number of aromatic nitrogens is 5. The summed E-state index contributed by atoms with van der Waals surface area (Å²) in [5.41, 5.74) is 0.352. The highest BCUT2D eigenvalue weighted by atomic mass is 32.2. The van der Waals surface area contributed by atoms with Crippen LogP contribution >= 0.6 is 0 Å². The zero-order chi connectivity index (χ0) is 20.8. The molecule has 0 amide bonds. The number of sulfone groups is 1. The number of hydrogen-bond donors (Lipinski definition) is 0. The minimum absolute atomic E-state index is 0.186. The van der Waals surface area contributed by atoms with E-state index in [1.807, 2.05) is 19.1 Å². The lowest BCUT2D eigenvalue weighted by atomic mass is 10.1. The molecule has 0 fully saturated rings. The first-order valence-electron chi connectivity index (χ1n) is 8.81. The molecule has 1 aromatic carbocycles. The van der Waals surface area contributed by atoms with Crippen molar-refractivity contribution in [1.82, 2.24) is 24.5 Å². The summed E-state index contributed by atoms with van der Waals surface area (Å²) in [6, 6.07) is 6.91. The molecule has 9 nitrogen and oxygen atoms in total. The van der Waals surface area contributed by atoms with E-state index in [0.717, 1.165) is 0 Å². The molecule has 3 rings (SSSR count). The third-order valence-electron chi connectivity index (χ3n) is 5.30. The van der Waals surface area contributed by atoms with Crippen LogP contribution in [-0.4, -0.2) is 57.6 Å². The van der Waals surface area contributed by atoms with Crippen molar-refractivity contribution < 1.29 is 8.42 Å². The van der Waals surface area contributed by atoms with E-state index in [1.54, 1.807) is 49.7 Å². The molecule has 3 aromatic rings. The molecule has 0 bridgehead atoms. The summed E-state index contributed by atoms with van der Waals surface area (Å²) in [4.78, 5) is 14.1. The van der Waals surface area contributed by atoms with Crippen molar-refractivity contribution in [2.45, 2.75) is 25.1 Å². The Morgan fingerprint density at radius 3 is 2.29 bits per heavy atom. The molecule has 2 aromatic heterocycles. The summed E-state index contributed by atoms with van der Waals surface area (Å²) in [6.45, 7) is 3.51. The van der Waals surface area contributed by atoms with Gasteiger partial charge < -0.3 is 4.90 Å². The van der Waals surface area contributed by atoms with Crippen molar-refractivity contribution >= 4 is 26.6 Å². The van der Waals surface area contributed by atoms with Crippen LogP contribution in [0, 0.1) is 0 Å². The lowest BCUT2D eigenvalue weighted by Crippen LogP contribution is -2.42. The number of anilines is 1. The molecule has 10 heteroatoms. The molecule has 2 heterocycles. The lowest BCUT2D eigenvalue weighted by molar-refractivity contribution is 0.562. The highest BCUT2D eigenvalue weighted by molar-refractivity contribution is 7.91. The molecule has 0 saturated carbocycles. The Kier molecular flexibility index (Phi) is 5.00. The van der Waals surface area contributed by atoms with E-state index in [2.05, 4.69) is 15.3 Å². The standard InChI is InChI=1S/C18H24N6O3S/c1-11(12(2)28(6,26)27)22(3)18-20-19-16(23(18)4)15-13-9-7-8-10-14(13)17(25)24(5)21-15/h7-12H,1-6H3. The second-order valence-electron chi connectivity index (χ2n) is 7.09. The average molecular weight is 404 g/mol. The maximum atomic E-state index is 12.4. The lowest BCUT2D eigenvalue weighted by Gasteiger charge is -2.29. The van der Waals surface area contributed by atoms with Crippen LogP contribution in [-0.2, 0) is 23.9 Å². The predicted molar refractivity (Wildman–Crippen MR) is 109 cm³/mol. The van der Waals surface area contributed by atoms with Gasteiger partial charge in [0.05, 0.1) is 10.6 Å². The van der Waals surface area contributed by atoms with E-state index in [-0.39, 0.29) is 11.6 Å². The Bertz CT molecular complexity index is 1200. The third-order valence-corrected chi connectivity index (χ3v) is 7.05. The van der Waals surface area contributed by atoms with Crippen LogP contribution < -0.4 is 10.5 Å². The number of nitrogens with zero attached hydrogens (tertiary/aromatic N) is 6. The topological polar surface area (TPSA) is 103 Å². The highest BCUT2D eigenvalue weighted by Gasteiger charge is 2.28. The molecule has 0 aliphatic heterocycles. The van der Waals surface area contributed by atoms with Gasteiger partial charge in [0, 0.05) is 38.8 Å². The number of benzene rings is 1. The van der Waals surface area contributed by atoms with Gasteiger partial charge in [-0.1, -0.05) is 18.2 Å². The largest absolute Gasteiger partial charge is 0.340 e. The first kappa shape index (κ1) is 20.0. The Morgan fingerprint density at radius 2 is 1.68 bits per heavy atom. The SMILES string of the molecule is CC(C(C)S(C)(=O)=O)N(C)c1nnc(-c2nn(C)c(=O)c3ccccc23)n1C. The van der Waals surface area contributed by atoms with Gasteiger partial charge in [-0.3, -0.25) is 9.36 Å². The Labute approximate surface area is 163 Å². The number of aryl methyl sites for hydroxylation is 1. The van der Waals surface area contributed by atoms with E-state index < -0.39 is 15.1 Å². The van der Waals surface area contributed by atoms with Crippen LogP contribution in [0.2, 0.25) is 0 Å². The van der Waals surface area contributed by atoms with Gasteiger partial charge in [0.25, 0.3) is 5.56 Å². The Morgan fingerprint density at radius 1 is 1.07 bits per heavy atom. The van der Waals surface area contributed by atoms with E-state index in [0.29, 0.717) is 28.2 Å². The van der Waals surface area contributed by atoms with E-state index in [9.17, 15) is 13.2 Å². The number of hydrogen-bond acceptors (Lipinski definition) is 7. The van der Waals surface area contributed by atoms with Gasteiger partial charge in [-0.25, -0.2) is 13.1 Å². The monoisotopic (exact) mass is 404 g/mol. The summed E-state index contributed by atoms with van der Waals surface area (Å²) in [5.74, 6) is 1.01. The molecule has 0 aliphatic rings. The zero-order valence-corrected chi connectivity index (χ0v) is 17.6. The van der Waals surface area contributed by atoms with Crippen molar-refractivity contribution in [2.75, 3.05) is 18.2 Å². The second-order valence-corrected chi connectivity index (χ2v) is 9.49. The van der Waals surface area contributed by atoms with Crippen molar-refractivity contribution in [3.8, 4) is 11.5 Å². The molecule has 28 heavy (non-hydrogen) atoms. The normalized spacial score (nSPS) is 14.2. The molecule has 2 atom stereocenters. The van der Waals surface area contributed by atoms with Crippen LogP contribution in [0.1, 0.15) is 13.8 Å². The quantitative estimate of drug-likeness (QED) is 0.625. The van der Waals surface area contributed by atoms with Crippen molar-refractivity contribution in [2.24, 2.45) is 14.1 Å². The van der Waals surface area contributed by atoms with Crippen LogP contribution in [0.3, 0.4) is 0 Å². The minimum Gasteiger partial charge on any atom is -0.340 e. The van der Waals surface area contributed by atoms with E-state index >= 15 is 0 Å². The number of rotatable bonds is 5. The molecule has 0 spiro atoms. The van der Waals surface area contributed by atoms with E-state index in [4.69, 9.17) is 0 Å². The van der Waals surface area contributed by atoms with Crippen molar-refractivity contribution in [1.29, 1.82) is 0 Å². The maximum absolute atomic E-state index is 12.4. The molecule has 0 aliphatic carbocycles. The smallest absolute Gasteiger partial charge is 0.274 e. The van der Waals surface area contributed by atoms with Crippen LogP contribution in [0.15, 0.2) is 29.1 Å². The van der Waals surface area contributed by atoms with E-state index in [1.165, 1.54) is 10.9 Å². The molecule has 0 radical (unpaired) electrons. The maximum Gasteiger partial charge on any atom is 0.274 e. The van der Waals surface area contributed by atoms with Crippen molar-refractivity contribution in [3.63, 3.8) is 0 Å². The fourth-order valence-corrected chi connectivity index (χ4v) is 4.05. The second kappa shape index (κ2) is 7.01. The highest BCUT2D eigenvalue weighted by Crippen LogP contribution is 2.26. The van der Waals surface area contributed by atoms with Crippen LogP contribution in [0.4, 0.5) is 5.95 Å². The Balaban J connectivity index is 2.11. The van der Waals surface area contributed by atoms with Gasteiger partial charge in [0.2, 0.25) is 5.95 Å². The summed E-state index contributed by atoms with van der Waals surface area (Å²) < 4.78 is 26.9. The van der Waals surface area contributed by atoms with Gasteiger partial charge in [0.15, 0.2) is 15.7 Å². The molecular formula is C18H24N6O3S. The number of fused-ring (bicyclic) bond motifs is 1. The summed E-state index contributed by atoms with van der Waals surface area (Å²) in [7, 11) is 1.97. The molecule has 0 saturated heterocycles. The first-order valence-corrected chi connectivity index (χ1v) is 10.8. The van der Waals surface area contributed by atoms with Crippen LogP contribution in [0.5, 0.6) is 0 Å². The molecular weight excluding hydrogens is 380 g/mol. The average Bonchev–Trinajstić information content (AvgIpc) is 3.03. The summed E-state index contributed by atoms with van der Waals surface area (Å²) in [6.07, 6.45) is 1.23. The van der Waals surface area contributed by atoms with Crippen LogP contribution in [0.25, 0.3) is 22.3 Å². The molecule has 0 N–H and O–H groups in total. The van der Waals surface area contributed by atoms with Gasteiger partial charge in [-0.2, -0.15) is 5.10 Å². The predicted octanol–water partition coefficient (Wildman–Crippen LogP) is 0.987. The Hall–Kier alpha value is -2.75. The summed E-state index contributed by atoms with van der Waals surface area (Å²) in [5, 5.41) is 13.6. The van der Waals surface area contributed by atoms with Gasteiger partial charge in [0.1, 0.15) is 5.69 Å². The van der Waals surface area contributed by atoms with Gasteiger partial charge in [-0.05, 0) is 19.9 Å². The first-order chi connectivity index (χ1) is 13.0.